The zero-order chi connectivity index (χ0) is 12.0. The number of aromatic nitrogens is 2. The third kappa shape index (κ3) is 4.87. The number of nitrogens with zero attached hydrogens (tertiary/aromatic N) is 2. The molecule has 7 heteroatoms. The summed E-state index contributed by atoms with van der Waals surface area (Å²) in [5, 5.41) is 0. The van der Waals surface area contributed by atoms with Gasteiger partial charge in [-0.25, -0.2) is 13.1 Å². The van der Waals surface area contributed by atoms with Gasteiger partial charge in [0, 0.05) is 12.1 Å². The topological polar surface area (TPSA) is 72.0 Å². The number of hydrogen-bond acceptors (Lipinski definition) is 4. The molecule has 0 aromatic carbocycles. The van der Waals surface area contributed by atoms with Crippen LogP contribution in [0.15, 0.2) is 12.4 Å². The number of halogens is 1. The van der Waals surface area contributed by atoms with Gasteiger partial charge in [0.2, 0.25) is 10.0 Å². The highest BCUT2D eigenvalue weighted by atomic mass is 35.5. The molecule has 0 aliphatic heterocycles. The van der Waals surface area contributed by atoms with Gasteiger partial charge in [0.1, 0.15) is 0 Å². The molecule has 1 aromatic heterocycles. The molecule has 1 N–H and O–H groups in total. The number of aryl methyl sites for hydroxylation is 1. The molecule has 0 spiro atoms. The van der Waals surface area contributed by atoms with Crippen LogP contribution in [0.5, 0.6) is 0 Å². The van der Waals surface area contributed by atoms with Crippen molar-refractivity contribution in [3.05, 3.63) is 23.8 Å². The molecule has 0 amide bonds. The van der Waals surface area contributed by atoms with Crippen LogP contribution in [0.3, 0.4) is 0 Å². The van der Waals surface area contributed by atoms with E-state index in [0.717, 1.165) is 5.69 Å². The predicted octanol–water partition coefficient (Wildman–Crippen LogP) is 0.833. The Hall–Kier alpha value is -0.720. The molecule has 0 saturated carbocycles. The fraction of sp³-hybridized carbons (Fsp3) is 0.556. The van der Waals surface area contributed by atoms with Gasteiger partial charge in [-0.1, -0.05) is 0 Å². The highest BCUT2D eigenvalue weighted by molar-refractivity contribution is 7.89. The third-order valence-electron chi connectivity index (χ3n) is 1.85. The van der Waals surface area contributed by atoms with E-state index in [9.17, 15) is 8.42 Å². The Morgan fingerprint density at radius 1 is 1.38 bits per heavy atom. The van der Waals surface area contributed by atoms with E-state index in [-0.39, 0.29) is 12.3 Å². The standard InChI is InChI=1S/C9H14ClN3O2S/c1-8-5-12-9(6-11-8)7-13-16(14,15)4-2-3-10/h5-6,13H,2-4,7H2,1H3. The van der Waals surface area contributed by atoms with Crippen molar-refractivity contribution >= 4 is 21.6 Å². The zero-order valence-corrected chi connectivity index (χ0v) is 10.6. The summed E-state index contributed by atoms with van der Waals surface area (Å²) in [5.74, 6) is 0.376. The maximum Gasteiger partial charge on any atom is 0.211 e. The van der Waals surface area contributed by atoms with Crippen LogP contribution < -0.4 is 4.72 Å². The lowest BCUT2D eigenvalue weighted by atomic mass is 10.4. The molecule has 1 aromatic rings. The molecule has 0 radical (unpaired) electrons. The Morgan fingerprint density at radius 2 is 2.12 bits per heavy atom. The number of rotatable bonds is 6. The van der Waals surface area contributed by atoms with Crippen molar-refractivity contribution in [2.45, 2.75) is 19.9 Å². The molecule has 16 heavy (non-hydrogen) atoms. The van der Waals surface area contributed by atoms with Crippen molar-refractivity contribution in [3.63, 3.8) is 0 Å². The highest BCUT2D eigenvalue weighted by Gasteiger charge is 2.09. The Morgan fingerprint density at radius 3 is 2.69 bits per heavy atom. The van der Waals surface area contributed by atoms with Crippen molar-refractivity contribution in [2.75, 3.05) is 11.6 Å². The largest absolute Gasteiger partial charge is 0.258 e. The summed E-state index contributed by atoms with van der Waals surface area (Å²) in [6.45, 7) is 1.99. The fourth-order valence-corrected chi connectivity index (χ4v) is 2.34. The summed E-state index contributed by atoms with van der Waals surface area (Å²) >= 11 is 5.43. The van der Waals surface area contributed by atoms with Crippen LogP contribution >= 0.6 is 11.6 Å². The summed E-state index contributed by atoms with van der Waals surface area (Å²) < 4.78 is 25.3. The quantitative estimate of drug-likeness (QED) is 0.772. The molecule has 1 heterocycles. The average Bonchev–Trinajstić information content (AvgIpc) is 2.26. The van der Waals surface area contributed by atoms with E-state index in [2.05, 4.69) is 14.7 Å². The summed E-state index contributed by atoms with van der Waals surface area (Å²) in [5.41, 5.74) is 1.40. The van der Waals surface area contributed by atoms with E-state index in [4.69, 9.17) is 11.6 Å². The molecule has 5 nitrogen and oxygen atoms in total. The van der Waals surface area contributed by atoms with Crippen molar-refractivity contribution in [2.24, 2.45) is 0 Å². The number of sulfonamides is 1. The summed E-state index contributed by atoms with van der Waals surface area (Å²) in [6, 6.07) is 0. The van der Waals surface area contributed by atoms with E-state index >= 15 is 0 Å². The van der Waals surface area contributed by atoms with Gasteiger partial charge in [0.15, 0.2) is 0 Å². The lowest BCUT2D eigenvalue weighted by Crippen LogP contribution is -2.26. The monoisotopic (exact) mass is 263 g/mol. The molecule has 0 atom stereocenters. The second-order valence-electron chi connectivity index (χ2n) is 3.33. The first-order valence-corrected chi connectivity index (χ1v) is 7.03. The van der Waals surface area contributed by atoms with Crippen molar-refractivity contribution in [3.8, 4) is 0 Å². The number of hydrogen-bond donors (Lipinski definition) is 1. The van der Waals surface area contributed by atoms with E-state index in [0.29, 0.717) is 18.0 Å². The van der Waals surface area contributed by atoms with E-state index in [1.807, 2.05) is 6.92 Å². The second kappa shape index (κ2) is 6.12. The second-order valence-corrected chi connectivity index (χ2v) is 5.64. The minimum absolute atomic E-state index is 0.0375. The lowest BCUT2D eigenvalue weighted by Gasteiger charge is -2.05. The smallest absolute Gasteiger partial charge is 0.211 e. The van der Waals surface area contributed by atoms with Crippen LogP contribution in [0, 0.1) is 6.92 Å². The van der Waals surface area contributed by atoms with Crippen LogP contribution in [-0.2, 0) is 16.6 Å². The minimum Gasteiger partial charge on any atom is -0.258 e. The molecule has 0 saturated heterocycles. The Bertz CT molecular complexity index is 419. The zero-order valence-electron chi connectivity index (χ0n) is 8.98. The number of nitrogens with one attached hydrogen (secondary N) is 1. The maximum atomic E-state index is 11.4. The molecular weight excluding hydrogens is 250 g/mol. The van der Waals surface area contributed by atoms with Gasteiger partial charge in [-0.2, -0.15) is 0 Å². The SMILES string of the molecule is Cc1cnc(CNS(=O)(=O)CCCCl)cn1. The van der Waals surface area contributed by atoms with Gasteiger partial charge in [0.25, 0.3) is 0 Å². The molecule has 1 rings (SSSR count). The first kappa shape index (κ1) is 13.3. The van der Waals surface area contributed by atoms with E-state index in [1.54, 1.807) is 12.4 Å². The van der Waals surface area contributed by atoms with E-state index < -0.39 is 10.0 Å². The molecule has 0 bridgehead atoms. The highest BCUT2D eigenvalue weighted by Crippen LogP contribution is 1.97. The number of alkyl halides is 1. The third-order valence-corrected chi connectivity index (χ3v) is 3.53. The van der Waals surface area contributed by atoms with Crippen molar-refractivity contribution in [1.29, 1.82) is 0 Å². The van der Waals surface area contributed by atoms with Crippen LogP contribution in [0.2, 0.25) is 0 Å². The molecule has 0 aliphatic carbocycles. The summed E-state index contributed by atoms with van der Waals surface area (Å²) in [7, 11) is -3.25. The van der Waals surface area contributed by atoms with Crippen LogP contribution in [0.1, 0.15) is 17.8 Å². The van der Waals surface area contributed by atoms with Crippen LogP contribution in [0.25, 0.3) is 0 Å². The van der Waals surface area contributed by atoms with Crippen molar-refractivity contribution < 1.29 is 8.42 Å². The molecular formula is C9H14ClN3O2S. The van der Waals surface area contributed by atoms with Crippen LogP contribution in [-0.4, -0.2) is 30.0 Å². The van der Waals surface area contributed by atoms with E-state index in [1.165, 1.54) is 0 Å². The Labute approximate surface area is 100 Å². The van der Waals surface area contributed by atoms with Gasteiger partial charge in [-0.05, 0) is 13.3 Å². The molecule has 0 unspecified atom stereocenters. The van der Waals surface area contributed by atoms with Gasteiger partial charge >= 0.3 is 0 Å². The Balaban J connectivity index is 2.48. The first-order chi connectivity index (χ1) is 7.53. The van der Waals surface area contributed by atoms with Gasteiger partial charge in [-0.15, -0.1) is 11.6 Å². The van der Waals surface area contributed by atoms with Crippen LogP contribution in [0.4, 0.5) is 0 Å². The van der Waals surface area contributed by atoms with Gasteiger partial charge in [-0.3, -0.25) is 9.97 Å². The predicted molar refractivity (Wildman–Crippen MR) is 62.7 cm³/mol. The van der Waals surface area contributed by atoms with Gasteiger partial charge in [0.05, 0.1) is 29.9 Å². The Kier molecular flexibility index (Phi) is 5.11. The minimum atomic E-state index is -3.25. The summed E-state index contributed by atoms with van der Waals surface area (Å²) in [4.78, 5) is 8.07. The fourth-order valence-electron chi connectivity index (χ4n) is 1.01. The lowest BCUT2D eigenvalue weighted by molar-refractivity contribution is 0.579. The average molecular weight is 264 g/mol. The molecule has 0 aliphatic rings. The van der Waals surface area contributed by atoms with Gasteiger partial charge < -0.3 is 0 Å². The molecule has 0 fully saturated rings. The first-order valence-electron chi connectivity index (χ1n) is 4.84. The normalized spacial score (nSPS) is 11.6. The van der Waals surface area contributed by atoms with Crippen molar-refractivity contribution in [1.82, 2.24) is 14.7 Å². The molecule has 90 valence electrons. The summed E-state index contributed by atoms with van der Waals surface area (Å²) in [6.07, 6.45) is 3.60. The maximum absolute atomic E-state index is 11.4.